The molecule has 0 saturated carbocycles. The zero-order valence-electron chi connectivity index (χ0n) is 30.5. The molecule has 1 unspecified atom stereocenters. The summed E-state index contributed by atoms with van der Waals surface area (Å²) in [5.41, 5.74) is -1.67. The summed E-state index contributed by atoms with van der Waals surface area (Å²) in [7, 11) is 1.36. The molecule has 0 aromatic carbocycles. The maximum Gasteiger partial charge on any atom is 0.323 e. The Labute approximate surface area is 277 Å². The molecule has 4 aliphatic rings. The number of nitrogens with one attached hydrogen (secondary N) is 2. The van der Waals surface area contributed by atoms with E-state index in [1.165, 1.54) is 7.11 Å². The van der Waals surface area contributed by atoms with Crippen molar-refractivity contribution in [1.29, 1.82) is 0 Å². The first kappa shape index (κ1) is 37.5. The van der Waals surface area contributed by atoms with Crippen molar-refractivity contribution in [2.24, 2.45) is 10.8 Å². The average Bonchev–Trinajstić information content (AvgIpc) is 2.90. The Hall–Kier alpha value is -1.34. The van der Waals surface area contributed by atoms with Gasteiger partial charge in [-0.3, -0.25) is 14.5 Å². The Balaban J connectivity index is 1.54. The summed E-state index contributed by atoms with van der Waals surface area (Å²) >= 11 is 0. The van der Waals surface area contributed by atoms with Gasteiger partial charge in [-0.15, -0.1) is 0 Å². The van der Waals surface area contributed by atoms with Gasteiger partial charge in [0.25, 0.3) is 0 Å². The highest BCUT2D eigenvalue weighted by Crippen LogP contribution is 2.48. The summed E-state index contributed by atoms with van der Waals surface area (Å²) in [6.07, 6.45) is 4.58. The van der Waals surface area contributed by atoms with E-state index in [1.807, 2.05) is 0 Å². The Bertz CT molecular complexity index is 1070. The molecule has 2 spiro atoms. The monoisotopic (exact) mass is 653 g/mol. The zero-order chi connectivity index (χ0) is 34.5. The van der Waals surface area contributed by atoms with Crippen LogP contribution in [0.25, 0.3) is 0 Å². The number of carboxylic acid groups (broad SMARTS) is 1. The fourth-order valence-electron chi connectivity index (χ4n) is 9.20. The normalized spacial score (nSPS) is 28.9. The van der Waals surface area contributed by atoms with Gasteiger partial charge in [0, 0.05) is 65.2 Å². The lowest BCUT2D eigenvalue weighted by molar-refractivity contribution is -0.333. The SMILES string of the molecule is CCC1(CC(C(=O)OC)N(CC(=O)O)CC2(CC)COC3(CC(C)(C)NC(C)(C)C3)OC2)COC2(CC(C)(C)NC(C)(C)C2)OC1. The Morgan fingerprint density at radius 2 is 1.09 bits per heavy atom. The highest BCUT2D eigenvalue weighted by molar-refractivity contribution is 5.77. The van der Waals surface area contributed by atoms with E-state index >= 15 is 0 Å². The third-order valence-electron chi connectivity index (χ3n) is 10.7. The second-order valence-corrected chi connectivity index (χ2v) is 17.7. The van der Waals surface area contributed by atoms with Crippen LogP contribution in [0.5, 0.6) is 0 Å². The molecule has 46 heavy (non-hydrogen) atoms. The first-order chi connectivity index (χ1) is 21.0. The van der Waals surface area contributed by atoms with Crippen molar-refractivity contribution in [2.45, 2.75) is 154 Å². The van der Waals surface area contributed by atoms with E-state index in [0.717, 1.165) is 0 Å². The first-order valence-electron chi connectivity index (χ1n) is 17.2. The fraction of sp³-hybridized carbons (Fsp3) is 0.943. The number of piperidine rings is 2. The van der Waals surface area contributed by atoms with Crippen LogP contribution in [0.15, 0.2) is 0 Å². The van der Waals surface area contributed by atoms with Gasteiger partial charge in [-0.25, -0.2) is 0 Å². The molecule has 1 atom stereocenters. The lowest BCUT2D eigenvalue weighted by atomic mass is 9.75. The van der Waals surface area contributed by atoms with Crippen LogP contribution in [0, 0.1) is 10.8 Å². The van der Waals surface area contributed by atoms with Crippen LogP contribution in [0.2, 0.25) is 0 Å². The van der Waals surface area contributed by atoms with Gasteiger partial charge >= 0.3 is 11.9 Å². The van der Waals surface area contributed by atoms with Gasteiger partial charge in [0.15, 0.2) is 11.6 Å². The van der Waals surface area contributed by atoms with Crippen molar-refractivity contribution in [2.75, 3.05) is 46.6 Å². The van der Waals surface area contributed by atoms with Crippen molar-refractivity contribution in [1.82, 2.24) is 15.5 Å². The number of carbonyl (C=O) groups excluding carboxylic acids is 1. The summed E-state index contributed by atoms with van der Waals surface area (Å²) in [6.45, 7) is 23.1. The van der Waals surface area contributed by atoms with Crippen LogP contribution >= 0.6 is 0 Å². The number of methoxy groups -OCH3 is 1. The Morgan fingerprint density at radius 1 is 0.717 bits per heavy atom. The number of hydrogen-bond acceptors (Lipinski definition) is 10. The number of aliphatic carboxylic acids is 1. The minimum atomic E-state index is -1.00. The third-order valence-corrected chi connectivity index (χ3v) is 10.7. The molecule has 4 heterocycles. The van der Waals surface area contributed by atoms with Crippen molar-refractivity contribution < 1.29 is 38.4 Å². The molecule has 4 aliphatic heterocycles. The van der Waals surface area contributed by atoms with E-state index in [0.29, 0.717) is 77.9 Å². The standard InChI is InChI=1S/C35H63N3O8/c1-12-32(21-43-34(44-22-32)16-28(3,4)36-29(5,6)17-34)14-25(27(41)42-11)38(15-26(39)40)20-33(13-2)23-45-35(46-24-33)18-30(7,8)37-31(9,10)19-35/h25,36-37H,12-24H2,1-11H3,(H,39,40). The fourth-order valence-corrected chi connectivity index (χ4v) is 9.20. The number of ether oxygens (including phenoxy) is 5. The molecular formula is C35H63N3O8. The molecule has 4 rings (SSSR count). The van der Waals surface area contributed by atoms with Gasteiger partial charge in [0.1, 0.15) is 6.04 Å². The van der Waals surface area contributed by atoms with Crippen molar-refractivity contribution in [3.05, 3.63) is 0 Å². The van der Waals surface area contributed by atoms with Crippen molar-refractivity contribution in [3.8, 4) is 0 Å². The number of rotatable bonds is 10. The molecule has 4 saturated heterocycles. The van der Waals surface area contributed by atoms with E-state index in [4.69, 9.17) is 23.7 Å². The molecule has 0 bridgehead atoms. The first-order valence-corrected chi connectivity index (χ1v) is 17.2. The molecule has 11 heteroatoms. The second-order valence-electron chi connectivity index (χ2n) is 17.7. The minimum Gasteiger partial charge on any atom is -0.480 e. The van der Waals surface area contributed by atoms with Crippen molar-refractivity contribution in [3.63, 3.8) is 0 Å². The van der Waals surface area contributed by atoms with Crippen molar-refractivity contribution >= 4 is 11.9 Å². The molecule has 0 amide bonds. The van der Waals surface area contributed by atoms with Crippen LogP contribution < -0.4 is 10.6 Å². The zero-order valence-corrected chi connectivity index (χ0v) is 30.5. The molecule has 11 nitrogen and oxygen atoms in total. The summed E-state index contributed by atoms with van der Waals surface area (Å²) in [5.74, 6) is -2.89. The maximum absolute atomic E-state index is 13.5. The van der Waals surface area contributed by atoms with Crippen LogP contribution in [-0.4, -0.2) is 108 Å². The minimum absolute atomic E-state index is 0.169. The predicted octanol–water partition coefficient (Wildman–Crippen LogP) is 4.46. The van der Waals surface area contributed by atoms with Crippen LogP contribution in [0.3, 0.4) is 0 Å². The molecule has 3 N–H and O–H groups in total. The Morgan fingerprint density at radius 3 is 1.41 bits per heavy atom. The topological polar surface area (TPSA) is 128 Å². The highest BCUT2D eigenvalue weighted by Gasteiger charge is 2.56. The van der Waals surface area contributed by atoms with E-state index in [-0.39, 0.29) is 28.7 Å². The van der Waals surface area contributed by atoms with E-state index in [9.17, 15) is 14.7 Å². The van der Waals surface area contributed by atoms with Gasteiger partial charge < -0.3 is 39.4 Å². The van der Waals surface area contributed by atoms with Gasteiger partial charge in [0.05, 0.1) is 40.1 Å². The lowest BCUT2D eigenvalue weighted by Crippen LogP contribution is -2.68. The van der Waals surface area contributed by atoms with Crippen LogP contribution in [-0.2, 0) is 33.3 Å². The van der Waals surface area contributed by atoms with Gasteiger partial charge in [-0.1, -0.05) is 13.8 Å². The number of carboxylic acids is 1. The third kappa shape index (κ3) is 8.62. The number of esters is 1. The summed E-state index contributed by atoms with van der Waals surface area (Å²) in [5, 5.41) is 17.4. The lowest BCUT2D eigenvalue weighted by Gasteiger charge is -2.57. The smallest absolute Gasteiger partial charge is 0.323 e. The largest absolute Gasteiger partial charge is 0.480 e. The predicted molar refractivity (Wildman–Crippen MR) is 175 cm³/mol. The van der Waals surface area contributed by atoms with E-state index in [2.05, 4.69) is 79.9 Å². The van der Waals surface area contributed by atoms with Crippen LogP contribution in [0.4, 0.5) is 0 Å². The molecule has 266 valence electrons. The van der Waals surface area contributed by atoms with Gasteiger partial charge in [-0.05, 0) is 74.7 Å². The Kier molecular flexibility index (Phi) is 10.5. The molecular weight excluding hydrogens is 590 g/mol. The van der Waals surface area contributed by atoms with E-state index < -0.39 is 40.4 Å². The second kappa shape index (κ2) is 12.8. The highest BCUT2D eigenvalue weighted by atomic mass is 16.7. The maximum atomic E-state index is 13.5. The number of hydrogen-bond donors (Lipinski definition) is 3. The summed E-state index contributed by atoms with van der Waals surface area (Å²) in [6, 6.07) is -0.806. The number of nitrogens with zero attached hydrogens (tertiary/aromatic N) is 1. The number of carbonyl (C=O) groups is 2. The molecule has 0 aromatic heterocycles. The molecule has 0 aliphatic carbocycles. The van der Waals surface area contributed by atoms with E-state index in [1.54, 1.807) is 4.90 Å². The van der Waals surface area contributed by atoms with Crippen LogP contribution in [0.1, 0.15) is 114 Å². The summed E-state index contributed by atoms with van der Waals surface area (Å²) < 4.78 is 31.9. The van der Waals surface area contributed by atoms with Gasteiger partial charge in [-0.2, -0.15) is 0 Å². The molecule has 0 aromatic rings. The quantitative estimate of drug-likeness (QED) is 0.289. The average molecular weight is 654 g/mol. The summed E-state index contributed by atoms with van der Waals surface area (Å²) in [4.78, 5) is 27.6. The molecule has 0 radical (unpaired) electrons. The van der Waals surface area contributed by atoms with Gasteiger partial charge in [0.2, 0.25) is 0 Å². The molecule has 4 fully saturated rings.